The van der Waals surface area contributed by atoms with Gasteiger partial charge in [-0.1, -0.05) is 13.8 Å². The Morgan fingerprint density at radius 3 is 2.62 bits per heavy atom. The number of aromatic nitrogens is 1. The number of hydrogen-bond acceptors (Lipinski definition) is 4. The SMILES string of the molecule is CNc1cc(C(=O)N(C)CCCCCO)cc(C(C)C)n1. The van der Waals surface area contributed by atoms with Crippen LogP contribution >= 0.6 is 0 Å². The van der Waals surface area contributed by atoms with Crippen LogP contribution in [0.3, 0.4) is 0 Å². The first kappa shape index (κ1) is 17.4. The summed E-state index contributed by atoms with van der Waals surface area (Å²) in [6, 6.07) is 3.66. The summed E-state index contributed by atoms with van der Waals surface area (Å²) in [6.45, 7) is 5.04. The average Bonchev–Trinajstić information content (AvgIpc) is 2.49. The fraction of sp³-hybridized carbons (Fsp3) is 0.625. The van der Waals surface area contributed by atoms with Crippen molar-refractivity contribution in [3.05, 3.63) is 23.4 Å². The maximum absolute atomic E-state index is 12.5. The Balaban J connectivity index is 2.78. The van der Waals surface area contributed by atoms with Crippen molar-refractivity contribution in [2.24, 2.45) is 0 Å². The molecule has 0 aliphatic heterocycles. The summed E-state index contributed by atoms with van der Waals surface area (Å²) in [7, 11) is 3.62. The van der Waals surface area contributed by atoms with Gasteiger partial charge in [0.15, 0.2) is 0 Å². The number of hydrogen-bond donors (Lipinski definition) is 2. The zero-order valence-electron chi connectivity index (χ0n) is 13.5. The molecule has 2 N–H and O–H groups in total. The molecule has 0 fully saturated rings. The van der Waals surface area contributed by atoms with Crippen molar-refractivity contribution in [2.75, 3.05) is 32.6 Å². The Bertz CT molecular complexity index is 461. The molecule has 0 aromatic carbocycles. The van der Waals surface area contributed by atoms with E-state index in [4.69, 9.17) is 5.11 Å². The van der Waals surface area contributed by atoms with Crippen molar-refractivity contribution in [2.45, 2.75) is 39.0 Å². The van der Waals surface area contributed by atoms with Crippen molar-refractivity contribution < 1.29 is 9.90 Å². The van der Waals surface area contributed by atoms with Gasteiger partial charge in [-0.05, 0) is 37.3 Å². The lowest BCUT2D eigenvalue weighted by molar-refractivity contribution is 0.0792. The standard InChI is InChI=1S/C16H27N3O2/c1-12(2)14-10-13(11-15(17-3)18-14)16(21)19(4)8-6-5-7-9-20/h10-12,20H,5-9H2,1-4H3,(H,17,18). The van der Waals surface area contributed by atoms with Crippen LogP contribution in [0.15, 0.2) is 12.1 Å². The molecule has 1 aromatic heterocycles. The summed E-state index contributed by atoms with van der Waals surface area (Å²) in [4.78, 5) is 18.7. The van der Waals surface area contributed by atoms with Crippen LogP contribution in [0, 0.1) is 0 Å². The van der Waals surface area contributed by atoms with Crippen LogP contribution in [-0.4, -0.2) is 48.1 Å². The smallest absolute Gasteiger partial charge is 0.253 e. The quantitative estimate of drug-likeness (QED) is 0.723. The van der Waals surface area contributed by atoms with E-state index >= 15 is 0 Å². The largest absolute Gasteiger partial charge is 0.396 e. The molecule has 1 amide bonds. The van der Waals surface area contributed by atoms with E-state index in [0.29, 0.717) is 12.1 Å². The summed E-state index contributed by atoms with van der Waals surface area (Å²) in [5.41, 5.74) is 1.58. The number of nitrogens with zero attached hydrogens (tertiary/aromatic N) is 2. The predicted molar refractivity (Wildman–Crippen MR) is 85.8 cm³/mol. The minimum Gasteiger partial charge on any atom is -0.396 e. The molecule has 118 valence electrons. The first-order chi connectivity index (χ1) is 9.99. The second-order valence-electron chi connectivity index (χ2n) is 5.58. The maximum atomic E-state index is 12.5. The molecule has 0 bridgehead atoms. The molecular formula is C16H27N3O2. The molecule has 0 saturated heterocycles. The van der Waals surface area contributed by atoms with E-state index in [9.17, 15) is 4.79 Å². The highest BCUT2D eigenvalue weighted by Crippen LogP contribution is 2.18. The number of nitrogens with one attached hydrogen (secondary N) is 1. The van der Waals surface area contributed by atoms with E-state index in [0.717, 1.165) is 30.8 Å². The first-order valence-electron chi connectivity index (χ1n) is 7.55. The van der Waals surface area contributed by atoms with Gasteiger partial charge in [0.2, 0.25) is 0 Å². The van der Waals surface area contributed by atoms with E-state index in [-0.39, 0.29) is 18.4 Å². The molecule has 1 heterocycles. The average molecular weight is 293 g/mol. The van der Waals surface area contributed by atoms with Crippen LogP contribution in [0.25, 0.3) is 0 Å². The third-order valence-electron chi connectivity index (χ3n) is 3.44. The molecule has 0 radical (unpaired) electrons. The number of pyridine rings is 1. The van der Waals surface area contributed by atoms with Gasteiger partial charge in [0, 0.05) is 38.5 Å². The molecule has 0 aliphatic carbocycles. The summed E-state index contributed by atoms with van der Waals surface area (Å²) in [6.07, 6.45) is 2.63. The molecule has 1 rings (SSSR count). The van der Waals surface area contributed by atoms with E-state index in [1.54, 1.807) is 18.0 Å². The van der Waals surface area contributed by atoms with E-state index in [1.807, 2.05) is 13.1 Å². The second kappa shape index (κ2) is 8.62. The number of unbranched alkanes of at least 4 members (excludes halogenated alkanes) is 2. The fourth-order valence-corrected chi connectivity index (χ4v) is 2.06. The van der Waals surface area contributed by atoms with Crippen molar-refractivity contribution in [3.63, 3.8) is 0 Å². The Kier molecular flexibility index (Phi) is 7.15. The maximum Gasteiger partial charge on any atom is 0.253 e. The van der Waals surface area contributed by atoms with Crippen molar-refractivity contribution in [1.29, 1.82) is 0 Å². The zero-order valence-corrected chi connectivity index (χ0v) is 13.5. The van der Waals surface area contributed by atoms with E-state index < -0.39 is 0 Å². The van der Waals surface area contributed by atoms with Gasteiger partial charge >= 0.3 is 0 Å². The number of rotatable bonds is 8. The Hall–Kier alpha value is -1.62. The van der Waals surface area contributed by atoms with Crippen LogP contribution < -0.4 is 5.32 Å². The number of carbonyl (C=O) groups excluding carboxylic acids is 1. The zero-order chi connectivity index (χ0) is 15.8. The van der Waals surface area contributed by atoms with Crippen LogP contribution in [0.1, 0.15) is 55.1 Å². The Morgan fingerprint density at radius 1 is 1.33 bits per heavy atom. The van der Waals surface area contributed by atoms with Gasteiger partial charge in [-0.25, -0.2) is 4.98 Å². The van der Waals surface area contributed by atoms with Gasteiger partial charge in [-0.2, -0.15) is 0 Å². The molecule has 0 spiro atoms. The lowest BCUT2D eigenvalue weighted by Crippen LogP contribution is -2.28. The summed E-state index contributed by atoms with van der Waals surface area (Å²) in [5, 5.41) is 11.8. The Labute approximate surface area is 127 Å². The topological polar surface area (TPSA) is 65.5 Å². The number of aliphatic hydroxyl groups is 1. The van der Waals surface area contributed by atoms with E-state index in [2.05, 4.69) is 24.1 Å². The van der Waals surface area contributed by atoms with Gasteiger partial charge in [0.25, 0.3) is 5.91 Å². The van der Waals surface area contributed by atoms with Gasteiger partial charge in [-0.3, -0.25) is 4.79 Å². The van der Waals surface area contributed by atoms with Crippen LogP contribution in [0.5, 0.6) is 0 Å². The summed E-state index contributed by atoms with van der Waals surface area (Å²) in [5.74, 6) is 1.01. The molecule has 21 heavy (non-hydrogen) atoms. The minimum absolute atomic E-state index is 0.0137. The van der Waals surface area contributed by atoms with E-state index in [1.165, 1.54) is 0 Å². The van der Waals surface area contributed by atoms with Crippen LogP contribution in [0.4, 0.5) is 5.82 Å². The van der Waals surface area contributed by atoms with Gasteiger partial charge < -0.3 is 15.3 Å². The lowest BCUT2D eigenvalue weighted by Gasteiger charge is -2.18. The van der Waals surface area contributed by atoms with Crippen molar-refractivity contribution in [3.8, 4) is 0 Å². The van der Waals surface area contributed by atoms with Crippen molar-refractivity contribution >= 4 is 11.7 Å². The first-order valence-corrected chi connectivity index (χ1v) is 7.55. The molecule has 1 aromatic rings. The van der Waals surface area contributed by atoms with Crippen LogP contribution in [0.2, 0.25) is 0 Å². The minimum atomic E-state index is 0.0137. The summed E-state index contributed by atoms with van der Waals surface area (Å²) < 4.78 is 0. The molecule has 0 saturated carbocycles. The third-order valence-corrected chi connectivity index (χ3v) is 3.44. The lowest BCUT2D eigenvalue weighted by atomic mass is 10.1. The monoisotopic (exact) mass is 293 g/mol. The second-order valence-corrected chi connectivity index (χ2v) is 5.58. The molecule has 0 atom stereocenters. The third kappa shape index (κ3) is 5.34. The van der Waals surface area contributed by atoms with Crippen LogP contribution in [-0.2, 0) is 0 Å². The molecular weight excluding hydrogens is 266 g/mol. The highest BCUT2D eigenvalue weighted by atomic mass is 16.2. The predicted octanol–water partition coefficient (Wildman–Crippen LogP) is 2.48. The summed E-state index contributed by atoms with van der Waals surface area (Å²) >= 11 is 0. The van der Waals surface area contributed by atoms with Gasteiger partial charge in [0.1, 0.15) is 5.82 Å². The molecule has 0 aliphatic rings. The molecule has 5 nitrogen and oxygen atoms in total. The fourth-order valence-electron chi connectivity index (χ4n) is 2.06. The Morgan fingerprint density at radius 2 is 2.05 bits per heavy atom. The number of anilines is 1. The highest BCUT2D eigenvalue weighted by molar-refractivity contribution is 5.94. The van der Waals surface area contributed by atoms with Gasteiger partial charge in [-0.15, -0.1) is 0 Å². The number of aliphatic hydroxyl groups excluding tert-OH is 1. The highest BCUT2D eigenvalue weighted by Gasteiger charge is 2.15. The number of amides is 1. The van der Waals surface area contributed by atoms with Crippen molar-refractivity contribution in [1.82, 2.24) is 9.88 Å². The van der Waals surface area contributed by atoms with Gasteiger partial charge in [0.05, 0.1) is 0 Å². The normalized spacial score (nSPS) is 10.8. The number of carbonyl (C=O) groups is 1. The molecule has 5 heteroatoms. The molecule has 0 unspecified atom stereocenters.